The lowest BCUT2D eigenvalue weighted by Crippen LogP contribution is -2.29. The number of hydrogen-bond donors (Lipinski definition) is 1. The van der Waals surface area contributed by atoms with Crippen molar-refractivity contribution in [1.82, 2.24) is 0 Å². The van der Waals surface area contributed by atoms with Gasteiger partial charge in [-0.15, -0.1) is 0 Å². The van der Waals surface area contributed by atoms with E-state index < -0.39 is 0 Å². The van der Waals surface area contributed by atoms with Crippen LogP contribution in [0.3, 0.4) is 0 Å². The van der Waals surface area contributed by atoms with Crippen LogP contribution < -0.4 is 5.73 Å². The Kier molecular flexibility index (Phi) is 4.50. The Morgan fingerprint density at radius 3 is 2.39 bits per heavy atom. The fraction of sp³-hybridized carbons (Fsp3) is 0.625. The van der Waals surface area contributed by atoms with Gasteiger partial charge in [0, 0.05) is 10.5 Å². The minimum absolute atomic E-state index is 0.188. The molecule has 1 aliphatic carbocycles. The second kappa shape index (κ2) is 5.75. The summed E-state index contributed by atoms with van der Waals surface area (Å²) in [5, 5.41) is 0. The summed E-state index contributed by atoms with van der Waals surface area (Å²) in [5.41, 5.74) is 9.17. The third kappa shape index (κ3) is 3.16. The molecule has 0 aromatic heterocycles. The largest absolute Gasteiger partial charge is 0.324 e. The summed E-state index contributed by atoms with van der Waals surface area (Å²) >= 11 is 3.56. The molecule has 1 aromatic rings. The summed E-state index contributed by atoms with van der Waals surface area (Å²) in [5.74, 6) is 2.27. The van der Waals surface area contributed by atoms with E-state index in [9.17, 15) is 0 Å². The van der Waals surface area contributed by atoms with E-state index >= 15 is 0 Å². The lowest BCUT2D eigenvalue weighted by atomic mass is 9.72. The van der Waals surface area contributed by atoms with Gasteiger partial charge in [-0.25, -0.2) is 0 Å². The van der Waals surface area contributed by atoms with Crippen molar-refractivity contribution in [3.05, 3.63) is 33.8 Å². The van der Waals surface area contributed by atoms with Gasteiger partial charge in [0.25, 0.3) is 0 Å². The number of hydrogen-bond acceptors (Lipinski definition) is 1. The second-order valence-corrected chi connectivity index (χ2v) is 7.12. The molecular formula is C16H24BrN. The molecule has 3 unspecified atom stereocenters. The molecule has 1 aliphatic rings. The smallest absolute Gasteiger partial charge is 0.0326 e. The van der Waals surface area contributed by atoms with E-state index in [0.29, 0.717) is 5.92 Å². The Hall–Kier alpha value is -0.340. The van der Waals surface area contributed by atoms with Crippen LogP contribution >= 0.6 is 15.9 Å². The maximum absolute atomic E-state index is 6.54. The fourth-order valence-corrected chi connectivity index (χ4v) is 3.91. The molecule has 0 bridgehead atoms. The minimum atomic E-state index is 0.188. The van der Waals surface area contributed by atoms with Crippen LogP contribution in [0.4, 0.5) is 0 Å². The van der Waals surface area contributed by atoms with Crippen LogP contribution in [0, 0.1) is 24.7 Å². The van der Waals surface area contributed by atoms with E-state index in [4.69, 9.17) is 5.73 Å². The Balaban J connectivity index is 2.19. The van der Waals surface area contributed by atoms with Crippen molar-refractivity contribution in [2.75, 3.05) is 0 Å². The van der Waals surface area contributed by atoms with E-state index in [0.717, 1.165) is 16.3 Å². The minimum Gasteiger partial charge on any atom is -0.324 e. The van der Waals surface area contributed by atoms with E-state index in [-0.39, 0.29) is 6.04 Å². The predicted octanol–water partition coefficient (Wildman–Crippen LogP) is 4.83. The molecule has 0 spiro atoms. The van der Waals surface area contributed by atoms with Crippen LogP contribution in [-0.4, -0.2) is 0 Å². The average molecular weight is 310 g/mol. The molecule has 0 saturated heterocycles. The van der Waals surface area contributed by atoms with E-state index in [1.165, 1.54) is 30.4 Å². The maximum atomic E-state index is 6.54. The molecule has 2 rings (SSSR count). The molecule has 1 saturated carbocycles. The van der Waals surface area contributed by atoms with Crippen LogP contribution in [0.15, 0.2) is 22.7 Å². The van der Waals surface area contributed by atoms with E-state index in [2.05, 4.69) is 54.9 Å². The Labute approximate surface area is 119 Å². The Morgan fingerprint density at radius 2 is 1.78 bits per heavy atom. The van der Waals surface area contributed by atoms with Gasteiger partial charge in [0.2, 0.25) is 0 Å². The van der Waals surface area contributed by atoms with Gasteiger partial charge < -0.3 is 5.73 Å². The number of aryl methyl sites for hydroxylation is 1. The lowest BCUT2D eigenvalue weighted by Gasteiger charge is -2.35. The van der Waals surface area contributed by atoms with Crippen molar-refractivity contribution < 1.29 is 0 Å². The number of benzene rings is 1. The predicted molar refractivity (Wildman–Crippen MR) is 81.5 cm³/mol. The summed E-state index contributed by atoms with van der Waals surface area (Å²) in [6.07, 6.45) is 3.91. The fourth-order valence-electron chi connectivity index (χ4n) is 3.53. The molecule has 1 fully saturated rings. The SMILES string of the molecule is Cc1ccc(Br)cc1C(N)C1CC(C)CC(C)C1. The maximum Gasteiger partial charge on any atom is 0.0326 e. The van der Waals surface area contributed by atoms with Crippen LogP contribution in [0.1, 0.15) is 50.3 Å². The van der Waals surface area contributed by atoms with Crippen molar-refractivity contribution in [1.29, 1.82) is 0 Å². The first-order valence-corrected chi connectivity index (χ1v) is 7.78. The second-order valence-electron chi connectivity index (χ2n) is 6.20. The summed E-state index contributed by atoms with van der Waals surface area (Å²) < 4.78 is 1.13. The van der Waals surface area contributed by atoms with Gasteiger partial charge >= 0.3 is 0 Å². The summed E-state index contributed by atoms with van der Waals surface area (Å²) in [6, 6.07) is 6.64. The summed E-state index contributed by atoms with van der Waals surface area (Å²) in [4.78, 5) is 0. The van der Waals surface area contributed by atoms with Gasteiger partial charge in [-0.2, -0.15) is 0 Å². The van der Waals surface area contributed by atoms with Crippen LogP contribution in [0.25, 0.3) is 0 Å². The highest BCUT2D eigenvalue weighted by atomic mass is 79.9. The molecule has 0 radical (unpaired) electrons. The quantitative estimate of drug-likeness (QED) is 0.832. The molecule has 0 heterocycles. The van der Waals surface area contributed by atoms with Crippen molar-refractivity contribution in [2.45, 2.75) is 46.1 Å². The first-order valence-electron chi connectivity index (χ1n) is 6.99. The monoisotopic (exact) mass is 309 g/mol. The van der Waals surface area contributed by atoms with Crippen LogP contribution in [0.5, 0.6) is 0 Å². The molecular weight excluding hydrogens is 286 g/mol. The van der Waals surface area contributed by atoms with Gasteiger partial charge in [0.15, 0.2) is 0 Å². The van der Waals surface area contributed by atoms with E-state index in [1.807, 2.05) is 0 Å². The molecule has 1 aromatic carbocycles. The molecule has 0 aliphatic heterocycles. The zero-order chi connectivity index (χ0) is 13.3. The van der Waals surface area contributed by atoms with Gasteiger partial charge in [-0.05, 0) is 67.2 Å². The first-order chi connectivity index (χ1) is 8.47. The number of halogens is 1. The first kappa shape index (κ1) is 14.1. The van der Waals surface area contributed by atoms with Crippen molar-refractivity contribution in [3.63, 3.8) is 0 Å². The highest BCUT2D eigenvalue weighted by molar-refractivity contribution is 9.10. The molecule has 2 N–H and O–H groups in total. The van der Waals surface area contributed by atoms with Crippen LogP contribution in [-0.2, 0) is 0 Å². The molecule has 0 amide bonds. The summed E-state index contributed by atoms with van der Waals surface area (Å²) in [6.45, 7) is 6.89. The van der Waals surface area contributed by atoms with Crippen molar-refractivity contribution in [2.24, 2.45) is 23.5 Å². The molecule has 1 nitrogen and oxygen atoms in total. The van der Waals surface area contributed by atoms with Crippen molar-refractivity contribution >= 4 is 15.9 Å². The standard InChI is InChI=1S/C16H24BrN/c1-10-6-11(2)8-13(7-10)16(18)15-9-14(17)5-4-12(15)3/h4-5,9-11,13,16H,6-8,18H2,1-3H3. The Bertz CT molecular complexity index is 406. The zero-order valence-electron chi connectivity index (χ0n) is 11.6. The molecule has 3 atom stereocenters. The van der Waals surface area contributed by atoms with Crippen LogP contribution in [0.2, 0.25) is 0 Å². The number of nitrogens with two attached hydrogens (primary N) is 1. The van der Waals surface area contributed by atoms with Gasteiger partial charge in [-0.3, -0.25) is 0 Å². The third-order valence-corrected chi connectivity index (χ3v) is 4.82. The topological polar surface area (TPSA) is 26.0 Å². The Morgan fingerprint density at radius 1 is 1.17 bits per heavy atom. The van der Waals surface area contributed by atoms with Crippen molar-refractivity contribution in [3.8, 4) is 0 Å². The van der Waals surface area contributed by atoms with E-state index in [1.54, 1.807) is 0 Å². The highest BCUT2D eigenvalue weighted by Crippen LogP contribution is 2.39. The van der Waals surface area contributed by atoms with Gasteiger partial charge in [0.05, 0.1) is 0 Å². The van der Waals surface area contributed by atoms with Gasteiger partial charge in [0.1, 0.15) is 0 Å². The molecule has 100 valence electrons. The zero-order valence-corrected chi connectivity index (χ0v) is 13.2. The third-order valence-electron chi connectivity index (χ3n) is 4.32. The van der Waals surface area contributed by atoms with Gasteiger partial charge in [-0.1, -0.05) is 35.8 Å². The number of rotatable bonds is 2. The molecule has 18 heavy (non-hydrogen) atoms. The molecule has 2 heteroatoms. The summed E-state index contributed by atoms with van der Waals surface area (Å²) in [7, 11) is 0. The highest BCUT2D eigenvalue weighted by Gasteiger charge is 2.29. The average Bonchev–Trinajstić information content (AvgIpc) is 2.30. The lowest BCUT2D eigenvalue weighted by molar-refractivity contribution is 0.193. The normalized spacial score (nSPS) is 30.2.